The van der Waals surface area contributed by atoms with Gasteiger partial charge in [-0.2, -0.15) is 0 Å². The van der Waals surface area contributed by atoms with E-state index in [9.17, 15) is 9.90 Å². The highest BCUT2D eigenvalue weighted by Crippen LogP contribution is 2.40. The maximum atomic E-state index is 12.0. The van der Waals surface area contributed by atoms with E-state index < -0.39 is 0 Å². The van der Waals surface area contributed by atoms with Gasteiger partial charge in [0.15, 0.2) is 0 Å². The summed E-state index contributed by atoms with van der Waals surface area (Å²) < 4.78 is 2.42. The number of likely N-dealkylation sites (tertiary alicyclic amines) is 2. The van der Waals surface area contributed by atoms with Crippen molar-refractivity contribution in [1.82, 2.24) is 19.4 Å². The van der Waals surface area contributed by atoms with Crippen LogP contribution in [0.3, 0.4) is 0 Å². The summed E-state index contributed by atoms with van der Waals surface area (Å²) in [6.07, 6.45) is 13.3. The molecular weight excluding hydrogens is 328 g/mol. The third kappa shape index (κ3) is 3.67. The van der Waals surface area contributed by atoms with Crippen LogP contribution in [-0.2, 0) is 11.3 Å². The molecule has 144 valence electrons. The monoisotopic (exact) mass is 360 g/mol. The molecule has 0 bridgehead atoms. The zero-order chi connectivity index (χ0) is 18.0. The highest BCUT2D eigenvalue weighted by Gasteiger charge is 2.40. The molecule has 1 aliphatic carbocycles. The SMILES string of the molecule is O=C1CCC2(CCN(Cc3cncn3C3CCCC3)CC2)CN1CCO. The van der Waals surface area contributed by atoms with Crippen molar-refractivity contribution in [2.45, 2.75) is 64.0 Å². The summed E-state index contributed by atoms with van der Waals surface area (Å²) in [5.74, 6) is 0.215. The number of aliphatic hydroxyl groups is 1. The van der Waals surface area contributed by atoms with Gasteiger partial charge in [0.1, 0.15) is 0 Å². The van der Waals surface area contributed by atoms with Crippen LogP contribution >= 0.6 is 0 Å². The molecule has 1 aromatic rings. The largest absolute Gasteiger partial charge is 0.395 e. The predicted molar refractivity (Wildman–Crippen MR) is 99.6 cm³/mol. The Morgan fingerprint density at radius 2 is 1.96 bits per heavy atom. The Morgan fingerprint density at radius 1 is 1.19 bits per heavy atom. The fraction of sp³-hybridized carbons (Fsp3) is 0.800. The molecule has 6 heteroatoms. The van der Waals surface area contributed by atoms with Crippen LogP contribution in [0.5, 0.6) is 0 Å². The second-order valence-corrected chi connectivity index (χ2v) is 8.55. The van der Waals surface area contributed by atoms with Gasteiger partial charge in [0.25, 0.3) is 0 Å². The molecule has 1 spiro atoms. The minimum atomic E-state index is 0.0686. The van der Waals surface area contributed by atoms with Crippen LogP contribution < -0.4 is 0 Å². The molecule has 2 aliphatic heterocycles. The lowest BCUT2D eigenvalue weighted by molar-refractivity contribution is -0.139. The number of carbonyl (C=O) groups is 1. The first-order valence-electron chi connectivity index (χ1n) is 10.3. The average molecular weight is 361 g/mol. The summed E-state index contributed by atoms with van der Waals surface area (Å²) in [6.45, 7) is 4.57. The standard InChI is InChI=1S/C20H32N4O2/c25-12-11-23-15-20(6-5-19(23)26)7-9-22(10-8-20)14-18-13-21-16-24(18)17-3-1-2-4-17/h13,16-17,25H,1-12,14-15H2. The molecule has 6 nitrogen and oxygen atoms in total. The van der Waals surface area contributed by atoms with Crippen molar-refractivity contribution >= 4 is 5.91 Å². The Kier molecular flexibility index (Phi) is 5.32. The highest BCUT2D eigenvalue weighted by molar-refractivity contribution is 5.77. The van der Waals surface area contributed by atoms with E-state index in [1.165, 1.54) is 31.4 Å². The van der Waals surface area contributed by atoms with Crippen LogP contribution in [-0.4, -0.2) is 63.2 Å². The number of aliphatic hydroxyl groups excluding tert-OH is 1. The molecule has 1 saturated carbocycles. The summed E-state index contributed by atoms with van der Waals surface area (Å²) >= 11 is 0. The second-order valence-electron chi connectivity index (χ2n) is 8.55. The summed E-state index contributed by atoms with van der Waals surface area (Å²) in [5, 5.41) is 9.21. The first-order valence-corrected chi connectivity index (χ1v) is 10.3. The van der Waals surface area contributed by atoms with E-state index in [2.05, 4.69) is 14.5 Å². The van der Waals surface area contributed by atoms with Crippen LogP contribution in [0.25, 0.3) is 0 Å². The first kappa shape index (κ1) is 18.0. The number of piperidine rings is 2. The normalized spacial score (nSPS) is 24.7. The molecule has 1 amide bonds. The predicted octanol–water partition coefficient (Wildman–Crippen LogP) is 2.20. The number of carbonyl (C=O) groups excluding carboxylic acids is 1. The van der Waals surface area contributed by atoms with Crippen LogP contribution in [0.15, 0.2) is 12.5 Å². The highest BCUT2D eigenvalue weighted by atomic mass is 16.3. The molecule has 3 aliphatic rings. The molecule has 2 saturated heterocycles. The molecule has 1 aromatic heterocycles. The maximum Gasteiger partial charge on any atom is 0.222 e. The Balaban J connectivity index is 1.34. The van der Waals surface area contributed by atoms with Crippen molar-refractivity contribution in [2.75, 3.05) is 32.8 Å². The van der Waals surface area contributed by atoms with Crippen LogP contribution in [0.4, 0.5) is 0 Å². The maximum absolute atomic E-state index is 12.0. The minimum Gasteiger partial charge on any atom is -0.395 e. The van der Waals surface area contributed by atoms with Gasteiger partial charge >= 0.3 is 0 Å². The first-order chi connectivity index (χ1) is 12.7. The van der Waals surface area contributed by atoms with Gasteiger partial charge in [-0.05, 0) is 50.6 Å². The van der Waals surface area contributed by atoms with Gasteiger partial charge in [-0.25, -0.2) is 4.98 Å². The van der Waals surface area contributed by atoms with Crippen LogP contribution in [0.1, 0.15) is 63.1 Å². The third-order valence-corrected chi connectivity index (χ3v) is 6.88. The van der Waals surface area contributed by atoms with E-state index in [1.54, 1.807) is 0 Å². The molecule has 0 aromatic carbocycles. The van der Waals surface area contributed by atoms with Gasteiger partial charge in [-0.15, -0.1) is 0 Å². The molecule has 4 rings (SSSR count). The third-order valence-electron chi connectivity index (χ3n) is 6.88. The Morgan fingerprint density at radius 3 is 2.69 bits per heavy atom. The summed E-state index contributed by atoms with van der Waals surface area (Å²) in [5.41, 5.74) is 1.62. The van der Waals surface area contributed by atoms with E-state index >= 15 is 0 Å². The van der Waals surface area contributed by atoms with Crippen molar-refractivity contribution in [2.24, 2.45) is 5.41 Å². The topological polar surface area (TPSA) is 61.6 Å². The molecular formula is C20H32N4O2. The average Bonchev–Trinajstić information content (AvgIpc) is 3.32. The Hall–Kier alpha value is -1.40. The van der Waals surface area contributed by atoms with Crippen molar-refractivity contribution in [3.63, 3.8) is 0 Å². The summed E-state index contributed by atoms with van der Waals surface area (Å²) in [4.78, 5) is 20.9. The van der Waals surface area contributed by atoms with Crippen molar-refractivity contribution in [3.8, 4) is 0 Å². The lowest BCUT2D eigenvalue weighted by atomic mass is 9.72. The van der Waals surface area contributed by atoms with E-state index in [1.807, 2.05) is 17.4 Å². The number of nitrogens with zero attached hydrogens (tertiary/aromatic N) is 4. The van der Waals surface area contributed by atoms with E-state index in [0.29, 0.717) is 19.0 Å². The molecule has 0 atom stereocenters. The second kappa shape index (κ2) is 7.69. The molecule has 3 fully saturated rings. The van der Waals surface area contributed by atoms with E-state index in [4.69, 9.17) is 0 Å². The number of hydrogen-bond acceptors (Lipinski definition) is 4. The zero-order valence-electron chi connectivity index (χ0n) is 15.8. The number of amides is 1. The van der Waals surface area contributed by atoms with E-state index in [-0.39, 0.29) is 17.9 Å². The van der Waals surface area contributed by atoms with Crippen LogP contribution in [0, 0.1) is 5.41 Å². The van der Waals surface area contributed by atoms with Gasteiger partial charge in [-0.1, -0.05) is 12.8 Å². The number of rotatable bonds is 5. The number of hydrogen-bond donors (Lipinski definition) is 1. The number of β-amino-alcohol motifs (C(OH)–C–C–N with tert-alkyl or cyclic N) is 1. The minimum absolute atomic E-state index is 0.0686. The number of aromatic nitrogens is 2. The Labute approximate surface area is 156 Å². The quantitative estimate of drug-likeness (QED) is 0.874. The van der Waals surface area contributed by atoms with Gasteiger partial charge < -0.3 is 14.6 Å². The smallest absolute Gasteiger partial charge is 0.222 e. The fourth-order valence-corrected chi connectivity index (χ4v) is 5.22. The van der Waals surface area contributed by atoms with Gasteiger partial charge in [0, 0.05) is 38.3 Å². The lowest BCUT2D eigenvalue weighted by Crippen LogP contribution is -2.52. The molecule has 0 radical (unpaired) electrons. The molecule has 1 N–H and O–H groups in total. The number of imidazole rings is 1. The molecule has 3 heterocycles. The molecule has 0 unspecified atom stereocenters. The van der Waals surface area contributed by atoms with Crippen LogP contribution in [0.2, 0.25) is 0 Å². The van der Waals surface area contributed by atoms with Gasteiger partial charge in [0.05, 0.1) is 18.6 Å². The lowest BCUT2D eigenvalue weighted by Gasteiger charge is -2.47. The Bertz CT molecular complexity index is 615. The summed E-state index contributed by atoms with van der Waals surface area (Å²) in [7, 11) is 0. The van der Waals surface area contributed by atoms with Crippen molar-refractivity contribution < 1.29 is 9.90 Å². The summed E-state index contributed by atoms with van der Waals surface area (Å²) in [6, 6.07) is 0.653. The van der Waals surface area contributed by atoms with Gasteiger partial charge in [-0.3, -0.25) is 9.69 Å². The van der Waals surface area contributed by atoms with Gasteiger partial charge in [0.2, 0.25) is 5.91 Å². The van der Waals surface area contributed by atoms with Crippen molar-refractivity contribution in [3.05, 3.63) is 18.2 Å². The van der Waals surface area contributed by atoms with E-state index in [0.717, 1.165) is 45.4 Å². The zero-order valence-corrected chi connectivity index (χ0v) is 15.8. The van der Waals surface area contributed by atoms with Crippen molar-refractivity contribution in [1.29, 1.82) is 0 Å². The fourth-order valence-electron chi connectivity index (χ4n) is 5.22. The molecule has 26 heavy (non-hydrogen) atoms.